The summed E-state index contributed by atoms with van der Waals surface area (Å²) < 4.78 is 28.8. The molecule has 6 aliphatic heterocycles. The summed E-state index contributed by atoms with van der Waals surface area (Å²) in [6, 6.07) is 75.3. The molecule has 0 radical (unpaired) electrons. The number of fused-ring (bicyclic) bond motifs is 13. The molecule has 0 N–H and O–H groups in total. The summed E-state index contributed by atoms with van der Waals surface area (Å²) in [5, 5.41) is 0. The Balaban J connectivity index is 1.04. The third-order valence-electron chi connectivity index (χ3n) is 17.8. The van der Waals surface area contributed by atoms with E-state index in [4.69, 9.17) is 18.9 Å². The molecule has 10 heteroatoms. The number of para-hydroxylation sites is 5. The molecule has 0 saturated heterocycles. The molecule has 0 amide bonds. The van der Waals surface area contributed by atoms with E-state index in [-0.39, 0.29) is 20.1 Å². The zero-order chi connectivity index (χ0) is 54.8. The molecule has 0 aliphatic carbocycles. The molecule has 0 spiro atoms. The second-order valence-corrected chi connectivity index (χ2v) is 23.2. The number of anilines is 9. The van der Waals surface area contributed by atoms with Gasteiger partial charge in [-0.25, -0.2) is 0 Å². The first-order valence-corrected chi connectivity index (χ1v) is 28.5. The van der Waals surface area contributed by atoms with Crippen molar-refractivity contribution in [1.29, 1.82) is 0 Å². The van der Waals surface area contributed by atoms with Crippen LogP contribution in [0.15, 0.2) is 206 Å². The normalized spacial score (nSPS) is 13.8. The minimum Gasteiger partial charge on any atom is -0.459 e. The lowest BCUT2D eigenvalue weighted by atomic mass is 9.29. The van der Waals surface area contributed by atoms with Crippen molar-refractivity contribution in [3.05, 3.63) is 240 Å². The molecule has 6 aliphatic rings. The van der Waals surface area contributed by atoms with Crippen LogP contribution in [-0.4, -0.2) is 20.1 Å². The Morgan fingerprint density at radius 3 is 1.27 bits per heavy atom. The van der Waals surface area contributed by atoms with Crippen molar-refractivity contribution in [2.75, 3.05) is 14.7 Å². The first-order valence-electron chi connectivity index (χ1n) is 28.5. The highest BCUT2D eigenvalue weighted by Gasteiger charge is 2.52. The van der Waals surface area contributed by atoms with Crippen molar-refractivity contribution < 1.29 is 18.9 Å². The van der Waals surface area contributed by atoms with Crippen molar-refractivity contribution in [3.63, 3.8) is 0 Å². The molecule has 388 valence electrons. The summed E-state index contributed by atoms with van der Waals surface area (Å²) in [6.07, 6.45) is 0. The van der Waals surface area contributed by atoms with Crippen molar-refractivity contribution in [2.45, 2.75) is 41.5 Å². The van der Waals surface area contributed by atoms with Gasteiger partial charge in [0.2, 0.25) is 0 Å². The summed E-state index contributed by atoms with van der Waals surface area (Å²) in [7, 11) is 0. The number of aryl methyl sites for hydroxylation is 6. The average molecular weight is 1060 g/mol. The minimum atomic E-state index is -0.360. The van der Waals surface area contributed by atoms with Gasteiger partial charge in [0.1, 0.15) is 46.0 Å². The van der Waals surface area contributed by atoms with E-state index in [0.29, 0.717) is 0 Å². The van der Waals surface area contributed by atoms with Crippen molar-refractivity contribution in [2.24, 2.45) is 0 Å². The predicted octanol–water partition coefficient (Wildman–Crippen LogP) is 12.5. The lowest BCUT2D eigenvalue weighted by Gasteiger charge is -2.47. The SMILES string of the molecule is Cc1cc(C)cc(N(c2cc(C)cc(C)c2)c2cc3c4c(c2)N(c2ccccc2C)c2cc5c6c(c2B4c2cc4c(cc2N3c2ccccc2C)Oc2cccc3c2B4c2ccccc2O3)Oc2ccccc2B6c2ccccc2O5)c1. The Kier molecular flexibility index (Phi) is 9.96. The van der Waals surface area contributed by atoms with Crippen LogP contribution < -0.4 is 82.8 Å². The fraction of sp³-hybridized carbons (Fsp3) is 0.0833. The largest absolute Gasteiger partial charge is 0.459 e. The highest BCUT2D eigenvalue weighted by Crippen LogP contribution is 2.52. The Labute approximate surface area is 478 Å². The zero-order valence-corrected chi connectivity index (χ0v) is 46.3. The van der Waals surface area contributed by atoms with Crippen molar-refractivity contribution >= 4 is 120 Å². The van der Waals surface area contributed by atoms with Gasteiger partial charge in [-0.1, -0.05) is 115 Å². The number of hydrogen-bond acceptors (Lipinski definition) is 7. The summed E-state index contributed by atoms with van der Waals surface area (Å²) in [5.74, 6) is 6.60. The fourth-order valence-electron chi connectivity index (χ4n) is 14.6. The predicted molar refractivity (Wildman–Crippen MR) is 339 cm³/mol. The average Bonchev–Trinajstić information content (AvgIpc) is 3.53. The summed E-state index contributed by atoms with van der Waals surface area (Å²) >= 11 is 0. The molecule has 11 aromatic rings. The fourth-order valence-corrected chi connectivity index (χ4v) is 14.6. The van der Waals surface area contributed by atoms with Gasteiger partial charge >= 0.3 is 0 Å². The van der Waals surface area contributed by atoms with Crippen LogP contribution in [0.2, 0.25) is 0 Å². The third-order valence-corrected chi connectivity index (χ3v) is 17.8. The van der Waals surface area contributed by atoms with Crippen LogP contribution in [0, 0.1) is 41.5 Å². The Hall–Kier alpha value is -9.79. The van der Waals surface area contributed by atoms with E-state index >= 15 is 0 Å². The maximum atomic E-state index is 7.63. The topological polar surface area (TPSA) is 46.6 Å². The molecule has 7 nitrogen and oxygen atoms in total. The second kappa shape index (κ2) is 17.4. The van der Waals surface area contributed by atoms with Crippen LogP contribution in [-0.2, 0) is 0 Å². The second-order valence-electron chi connectivity index (χ2n) is 23.2. The van der Waals surface area contributed by atoms with Crippen LogP contribution >= 0.6 is 0 Å². The minimum absolute atomic E-state index is 0.137. The van der Waals surface area contributed by atoms with Crippen LogP contribution in [0.25, 0.3) is 0 Å². The van der Waals surface area contributed by atoms with Gasteiger partial charge in [0.15, 0.2) is 0 Å². The Morgan fingerprint density at radius 1 is 0.280 bits per heavy atom. The van der Waals surface area contributed by atoms with E-state index in [1.165, 1.54) is 27.7 Å². The van der Waals surface area contributed by atoms with Crippen molar-refractivity contribution in [1.82, 2.24) is 0 Å². The first-order chi connectivity index (χ1) is 40.1. The molecule has 82 heavy (non-hydrogen) atoms. The van der Waals surface area contributed by atoms with Crippen LogP contribution in [0.1, 0.15) is 33.4 Å². The van der Waals surface area contributed by atoms with E-state index < -0.39 is 0 Å². The molecule has 0 unspecified atom stereocenters. The van der Waals surface area contributed by atoms with Gasteiger partial charge in [-0.3, -0.25) is 0 Å². The van der Waals surface area contributed by atoms with E-state index in [1.54, 1.807) is 0 Å². The summed E-state index contributed by atoms with van der Waals surface area (Å²) in [5.41, 5.74) is 26.5. The number of nitrogens with zero attached hydrogens (tertiary/aromatic N) is 3. The number of rotatable bonds is 5. The first kappa shape index (κ1) is 47.1. The van der Waals surface area contributed by atoms with Crippen LogP contribution in [0.3, 0.4) is 0 Å². The lowest BCUT2D eigenvalue weighted by molar-refractivity contribution is 0.464. The standard InChI is InChI=1S/C72H52B3N3O4/c1-41-30-42(2)33-47(32-41)76(48-34-43(3)31-44(4)35-48)49-36-58-68-59(37-49)78(56-24-13-8-19-46(56)6)60-40-67-71-72(82-63-27-16-11-22-52(63)73(71)50-20-9-15-26-62(50)80-67)69(60)75(68)53-38-54-66(39-57(53)77(58)55-23-12-7-18-45(55)5)81-65-29-17-28-64-70(65)74(54)51-21-10-14-25-61(51)79-64/h7-40H,1-6H3. The van der Waals surface area contributed by atoms with E-state index in [2.05, 4.69) is 256 Å². The summed E-state index contributed by atoms with van der Waals surface area (Å²) in [4.78, 5) is 7.52. The van der Waals surface area contributed by atoms with Gasteiger partial charge in [-0.15, -0.1) is 0 Å². The highest BCUT2D eigenvalue weighted by atomic mass is 16.5. The molecular weight excluding hydrogens is 1000 g/mol. The monoisotopic (exact) mass is 1060 g/mol. The van der Waals surface area contributed by atoms with Gasteiger partial charge in [0, 0.05) is 68.6 Å². The Morgan fingerprint density at radius 2 is 0.707 bits per heavy atom. The maximum Gasteiger partial charge on any atom is 0.260 e. The molecule has 6 heterocycles. The van der Waals surface area contributed by atoms with Crippen molar-refractivity contribution in [3.8, 4) is 46.0 Å². The number of ether oxygens (including phenoxy) is 4. The van der Waals surface area contributed by atoms with E-state index in [1.807, 2.05) is 6.07 Å². The third kappa shape index (κ3) is 6.75. The maximum absolute atomic E-state index is 7.63. The van der Waals surface area contributed by atoms with Gasteiger partial charge in [-0.05, 0) is 192 Å². The molecule has 17 rings (SSSR count). The van der Waals surface area contributed by atoms with Gasteiger partial charge in [0.05, 0.1) is 5.69 Å². The van der Waals surface area contributed by atoms with Gasteiger partial charge in [-0.2, -0.15) is 0 Å². The smallest absolute Gasteiger partial charge is 0.260 e. The van der Waals surface area contributed by atoms with E-state index in [9.17, 15) is 0 Å². The highest BCUT2D eigenvalue weighted by molar-refractivity contribution is 7.04. The molecule has 0 aromatic heterocycles. The molecule has 0 bridgehead atoms. The summed E-state index contributed by atoms with van der Waals surface area (Å²) in [6.45, 7) is 12.6. The van der Waals surface area contributed by atoms with Crippen LogP contribution in [0.4, 0.5) is 51.2 Å². The van der Waals surface area contributed by atoms with Gasteiger partial charge in [0.25, 0.3) is 20.1 Å². The molecule has 0 atom stereocenters. The molecular formula is C72H52B3N3O4. The van der Waals surface area contributed by atoms with Crippen LogP contribution in [0.5, 0.6) is 46.0 Å². The number of hydrogen-bond donors (Lipinski definition) is 0. The molecule has 11 aromatic carbocycles. The lowest BCUT2D eigenvalue weighted by Crippen LogP contribution is -2.66. The Bertz CT molecular complexity index is 4510. The van der Waals surface area contributed by atoms with Gasteiger partial charge < -0.3 is 33.6 Å². The number of benzene rings is 11. The molecule has 0 saturated carbocycles. The zero-order valence-electron chi connectivity index (χ0n) is 46.3. The quantitative estimate of drug-likeness (QED) is 0.159. The molecule has 0 fully saturated rings. The van der Waals surface area contributed by atoms with E-state index in [0.717, 1.165) is 152 Å².